The number of thiocarbonyl (C=S) groups is 1. The summed E-state index contributed by atoms with van der Waals surface area (Å²) in [5.74, 6) is -0.710. The average Bonchev–Trinajstić information content (AvgIpc) is 2.79. The van der Waals surface area contributed by atoms with E-state index in [-0.39, 0.29) is 10.2 Å². The van der Waals surface area contributed by atoms with E-state index >= 15 is 0 Å². The molecule has 2 rings (SSSR count). The highest BCUT2D eigenvalue weighted by Crippen LogP contribution is 2.35. The Bertz CT molecular complexity index is 672. The van der Waals surface area contributed by atoms with Gasteiger partial charge in [-0.25, -0.2) is 4.79 Å². The second kappa shape index (κ2) is 7.61. The van der Waals surface area contributed by atoms with Gasteiger partial charge in [-0.3, -0.25) is 9.69 Å². The van der Waals surface area contributed by atoms with Crippen LogP contribution in [0.25, 0.3) is 6.08 Å². The van der Waals surface area contributed by atoms with Gasteiger partial charge in [-0.15, -0.1) is 0 Å². The topological polar surface area (TPSA) is 66.8 Å². The summed E-state index contributed by atoms with van der Waals surface area (Å²) in [6.07, 6.45) is 2.73. The van der Waals surface area contributed by atoms with Crippen molar-refractivity contribution in [2.75, 3.05) is 7.11 Å². The minimum Gasteiger partial charge on any atom is -0.497 e. The molecule has 5 nitrogen and oxygen atoms in total. The van der Waals surface area contributed by atoms with Gasteiger partial charge < -0.3 is 9.84 Å². The lowest BCUT2D eigenvalue weighted by atomic mass is 10.1. The first-order valence-corrected chi connectivity index (χ1v) is 8.34. The predicted molar refractivity (Wildman–Crippen MR) is 94.3 cm³/mol. The van der Waals surface area contributed by atoms with E-state index in [1.807, 2.05) is 25.1 Å². The zero-order valence-corrected chi connectivity index (χ0v) is 14.4. The zero-order valence-electron chi connectivity index (χ0n) is 12.8. The number of hydrogen-bond donors (Lipinski definition) is 1. The summed E-state index contributed by atoms with van der Waals surface area (Å²) < 4.78 is 5.44. The third-order valence-corrected chi connectivity index (χ3v) is 4.70. The van der Waals surface area contributed by atoms with E-state index in [1.54, 1.807) is 19.3 Å². The van der Waals surface area contributed by atoms with Gasteiger partial charge in [0.05, 0.1) is 12.0 Å². The van der Waals surface area contributed by atoms with Crippen molar-refractivity contribution in [2.24, 2.45) is 0 Å². The highest BCUT2D eigenvalue weighted by molar-refractivity contribution is 8.26. The maximum atomic E-state index is 12.6. The van der Waals surface area contributed by atoms with Gasteiger partial charge in [-0.05, 0) is 30.2 Å². The average molecular weight is 351 g/mol. The summed E-state index contributed by atoms with van der Waals surface area (Å²) >= 11 is 6.33. The molecule has 1 saturated heterocycles. The normalized spacial score (nSPS) is 17.7. The Morgan fingerprint density at radius 3 is 2.87 bits per heavy atom. The molecule has 1 atom stereocenters. The van der Waals surface area contributed by atoms with Crippen LogP contribution in [0.4, 0.5) is 0 Å². The molecule has 0 aliphatic carbocycles. The predicted octanol–water partition coefficient (Wildman–Crippen LogP) is 3.15. The lowest BCUT2D eigenvalue weighted by Gasteiger charge is -2.22. The number of benzene rings is 1. The van der Waals surface area contributed by atoms with E-state index in [0.29, 0.717) is 23.5 Å². The van der Waals surface area contributed by atoms with Crippen LogP contribution in [-0.2, 0) is 9.59 Å². The molecule has 7 heteroatoms. The summed E-state index contributed by atoms with van der Waals surface area (Å²) in [5, 5.41) is 9.35. The first-order chi connectivity index (χ1) is 11.0. The molecular weight excluding hydrogens is 334 g/mol. The molecule has 1 aromatic rings. The van der Waals surface area contributed by atoms with Crippen molar-refractivity contribution in [3.05, 3.63) is 34.7 Å². The fraction of sp³-hybridized carbons (Fsp3) is 0.312. The summed E-state index contributed by atoms with van der Waals surface area (Å²) in [6.45, 7) is 1.87. The number of methoxy groups -OCH3 is 1. The minimum atomic E-state index is -1.04. The van der Waals surface area contributed by atoms with Gasteiger partial charge in [0.25, 0.3) is 5.91 Å². The van der Waals surface area contributed by atoms with Gasteiger partial charge in [0.1, 0.15) is 16.1 Å². The number of amides is 1. The number of carboxylic acids is 1. The largest absolute Gasteiger partial charge is 0.497 e. The Balaban J connectivity index is 2.29. The molecule has 1 aromatic carbocycles. The molecule has 1 fully saturated rings. The van der Waals surface area contributed by atoms with Crippen molar-refractivity contribution in [3.8, 4) is 5.75 Å². The SMILES string of the molecule is CCC[C@@H](C(=O)O)N1C(=O)/C(=C\c2cccc(OC)c2)SC1=S. The van der Waals surface area contributed by atoms with Crippen LogP contribution in [0.3, 0.4) is 0 Å². The van der Waals surface area contributed by atoms with Crippen molar-refractivity contribution in [2.45, 2.75) is 25.8 Å². The van der Waals surface area contributed by atoms with Crippen LogP contribution in [0, 0.1) is 0 Å². The van der Waals surface area contributed by atoms with E-state index in [0.717, 1.165) is 17.3 Å². The van der Waals surface area contributed by atoms with Crippen molar-refractivity contribution in [1.29, 1.82) is 0 Å². The third kappa shape index (κ3) is 3.92. The molecule has 23 heavy (non-hydrogen) atoms. The maximum absolute atomic E-state index is 12.6. The number of nitrogens with zero attached hydrogens (tertiary/aromatic N) is 1. The van der Waals surface area contributed by atoms with Crippen molar-refractivity contribution in [3.63, 3.8) is 0 Å². The van der Waals surface area contributed by atoms with Gasteiger partial charge in [-0.2, -0.15) is 0 Å². The molecule has 1 heterocycles. The first kappa shape index (κ1) is 17.5. The van der Waals surface area contributed by atoms with Crippen LogP contribution in [0.2, 0.25) is 0 Å². The molecule has 0 spiro atoms. The Labute approximate surface area is 144 Å². The minimum absolute atomic E-state index is 0.282. The summed E-state index contributed by atoms with van der Waals surface area (Å²) in [7, 11) is 1.57. The molecule has 0 saturated carbocycles. The van der Waals surface area contributed by atoms with Crippen LogP contribution in [0.5, 0.6) is 5.75 Å². The lowest BCUT2D eigenvalue weighted by molar-refractivity contribution is -0.145. The number of thioether (sulfide) groups is 1. The van der Waals surface area contributed by atoms with Gasteiger partial charge in [0.2, 0.25) is 0 Å². The quantitative estimate of drug-likeness (QED) is 0.627. The molecule has 1 amide bonds. The van der Waals surface area contributed by atoms with Crippen molar-refractivity contribution >= 4 is 46.3 Å². The maximum Gasteiger partial charge on any atom is 0.326 e. The van der Waals surface area contributed by atoms with E-state index in [2.05, 4.69) is 0 Å². The molecular formula is C16H17NO4S2. The molecule has 1 aliphatic rings. The summed E-state index contributed by atoms with van der Waals surface area (Å²) in [5.41, 5.74) is 0.798. The fourth-order valence-electron chi connectivity index (χ4n) is 2.27. The molecule has 0 aromatic heterocycles. The molecule has 122 valence electrons. The zero-order chi connectivity index (χ0) is 17.0. The lowest BCUT2D eigenvalue weighted by Crippen LogP contribution is -2.43. The summed E-state index contributed by atoms with van der Waals surface area (Å²) in [4.78, 5) is 25.6. The molecule has 1 N–H and O–H groups in total. The number of aliphatic carboxylic acids is 1. The Morgan fingerprint density at radius 1 is 1.52 bits per heavy atom. The van der Waals surface area contributed by atoms with E-state index in [9.17, 15) is 14.7 Å². The van der Waals surface area contributed by atoms with Gasteiger partial charge >= 0.3 is 5.97 Å². The highest BCUT2D eigenvalue weighted by atomic mass is 32.2. The second-order valence-electron chi connectivity index (χ2n) is 4.97. The van der Waals surface area contributed by atoms with Crippen LogP contribution in [0.1, 0.15) is 25.3 Å². The monoisotopic (exact) mass is 351 g/mol. The fourth-order valence-corrected chi connectivity index (χ4v) is 3.62. The van der Waals surface area contributed by atoms with Gasteiger partial charge in [0.15, 0.2) is 0 Å². The molecule has 0 unspecified atom stereocenters. The molecule has 0 bridgehead atoms. The Hall–Kier alpha value is -1.86. The van der Waals surface area contributed by atoms with Gasteiger partial charge in [-0.1, -0.05) is 49.5 Å². The first-order valence-electron chi connectivity index (χ1n) is 7.11. The number of rotatable bonds is 6. The van der Waals surface area contributed by atoms with Crippen molar-refractivity contribution in [1.82, 2.24) is 4.90 Å². The number of carbonyl (C=O) groups excluding carboxylic acids is 1. The molecule has 1 aliphatic heterocycles. The van der Waals surface area contributed by atoms with Crippen LogP contribution in [-0.4, -0.2) is 39.4 Å². The Morgan fingerprint density at radius 2 is 2.26 bits per heavy atom. The van der Waals surface area contributed by atoms with Crippen LogP contribution < -0.4 is 4.74 Å². The van der Waals surface area contributed by atoms with E-state index in [4.69, 9.17) is 17.0 Å². The number of carbonyl (C=O) groups is 2. The van der Waals surface area contributed by atoms with Crippen LogP contribution in [0.15, 0.2) is 29.2 Å². The smallest absolute Gasteiger partial charge is 0.326 e. The Kier molecular flexibility index (Phi) is 5.79. The van der Waals surface area contributed by atoms with E-state index in [1.165, 1.54) is 4.90 Å². The highest BCUT2D eigenvalue weighted by Gasteiger charge is 2.39. The summed E-state index contributed by atoms with van der Waals surface area (Å²) in [6, 6.07) is 6.36. The van der Waals surface area contributed by atoms with E-state index < -0.39 is 12.0 Å². The number of ether oxygens (including phenoxy) is 1. The second-order valence-corrected chi connectivity index (χ2v) is 6.65. The third-order valence-electron chi connectivity index (χ3n) is 3.37. The van der Waals surface area contributed by atoms with Crippen molar-refractivity contribution < 1.29 is 19.4 Å². The standard InChI is InChI=1S/C16H17NO4S2/c1-3-5-12(15(19)20)17-14(18)13(23-16(17)22)9-10-6-4-7-11(8-10)21-2/h4,6-9,12H,3,5H2,1-2H3,(H,19,20)/b13-9+/t12-/m0/s1. The van der Waals surface area contributed by atoms with Crippen LogP contribution >= 0.6 is 24.0 Å². The van der Waals surface area contributed by atoms with Gasteiger partial charge in [0, 0.05) is 0 Å². The number of carboxylic acid groups (broad SMARTS) is 1. The molecule has 0 radical (unpaired) electrons. The number of hydrogen-bond acceptors (Lipinski definition) is 5.